The quantitative estimate of drug-likeness (QED) is 0.863. The van der Waals surface area contributed by atoms with Crippen LogP contribution < -0.4 is 10.5 Å². The van der Waals surface area contributed by atoms with E-state index in [1.807, 2.05) is 6.07 Å². The van der Waals surface area contributed by atoms with E-state index in [0.29, 0.717) is 0 Å². The molecule has 1 unspecified atom stereocenters. The second-order valence-corrected chi connectivity index (χ2v) is 6.27. The maximum atomic E-state index is 6.82. The normalized spacial score (nSPS) is 26.9. The van der Waals surface area contributed by atoms with E-state index >= 15 is 0 Å². The third-order valence-electron chi connectivity index (χ3n) is 4.67. The second kappa shape index (κ2) is 4.58. The van der Waals surface area contributed by atoms with Crippen molar-refractivity contribution in [2.24, 2.45) is 11.1 Å². The number of hydrogen-bond donors (Lipinski definition) is 1. The van der Waals surface area contributed by atoms with Gasteiger partial charge >= 0.3 is 0 Å². The lowest BCUT2D eigenvalue weighted by molar-refractivity contribution is 0.0951. The minimum absolute atomic E-state index is 0.117. The summed E-state index contributed by atoms with van der Waals surface area (Å²) in [5, 5.41) is 0. The molecule has 1 saturated carbocycles. The molecule has 100 valence electrons. The molecule has 2 rings (SSSR count). The summed E-state index contributed by atoms with van der Waals surface area (Å²) in [6, 6.07) is 6.33. The number of rotatable bonds is 2. The molecule has 1 aliphatic carbocycles. The number of benzene rings is 1. The van der Waals surface area contributed by atoms with E-state index < -0.39 is 0 Å². The summed E-state index contributed by atoms with van der Waals surface area (Å²) in [6.45, 7) is 6.68. The molecule has 1 aromatic carbocycles. The average molecular weight is 247 g/mol. The standard InChI is InChI=1S/C16H25NO/c1-12-7-8-14(18-4)13(11-12)16(17)10-6-5-9-15(16,2)3/h7-8,11H,5-6,9-10,17H2,1-4H3. The van der Waals surface area contributed by atoms with Gasteiger partial charge in [-0.1, -0.05) is 44.4 Å². The van der Waals surface area contributed by atoms with E-state index in [0.717, 1.165) is 12.2 Å². The first-order valence-corrected chi connectivity index (χ1v) is 6.85. The van der Waals surface area contributed by atoms with Crippen LogP contribution in [0.3, 0.4) is 0 Å². The summed E-state index contributed by atoms with van der Waals surface area (Å²) in [7, 11) is 1.73. The maximum Gasteiger partial charge on any atom is 0.123 e. The highest BCUT2D eigenvalue weighted by atomic mass is 16.5. The van der Waals surface area contributed by atoms with Gasteiger partial charge in [-0.05, 0) is 31.2 Å². The summed E-state index contributed by atoms with van der Waals surface area (Å²) in [5.74, 6) is 0.929. The molecule has 0 bridgehead atoms. The van der Waals surface area contributed by atoms with Crippen LogP contribution in [0, 0.1) is 12.3 Å². The molecule has 0 spiro atoms. The van der Waals surface area contributed by atoms with Gasteiger partial charge in [-0.15, -0.1) is 0 Å². The fourth-order valence-electron chi connectivity index (χ4n) is 3.20. The van der Waals surface area contributed by atoms with Crippen LogP contribution in [0.15, 0.2) is 18.2 Å². The number of aryl methyl sites for hydroxylation is 1. The monoisotopic (exact) mass is 247 g/mol. The van der Waals surface area contributed by atoms with Gasteiger partial charge in [0, 0.05) is 11.1 Å². The van der Waals surface area contributed by atoms with E-state index in [1.165, 1.54) is 30.4 Å². The predicted octanol–water partition coefficient (Wildman–Crippen LogP) is 3.76. The van der Waals surface area contributed by atoms with E-state index in [-0.39, 0.29) is 11.0 Å². The highest BCUT2D eigenvalue weighted by Gasteiger charge is 2.46. The van der Waals surface area contributed by atoms with Gasteiger partial charge < -0.3 is 10.5 Å². The molecule has 0 radical (unpaired) electrons. The zero-order chi connectivity index (χ0) is 13.4. The Kier molecular flexibility index (Phi) is 3.41. The lowest BCUT2D eigenvalue weighted by Gasteiger charge is -2.48. The van der Waals surface area contributed by atoms with Crippen LogP contribution in [0.1, 0.15) is 50.7 Å². The Bertz CT molecular complexity index is 439. The van der Waals surface area contributed by atoms with Gasteiger partial charge in [0.2, 0.25) is 0 Å². The van der Waals surface area contributed by atoms with E-state index in [4.69, 9.17) is 10.5 Å². The minimum atomic E-state index is -0.275. The van der Waals surface area contributed by atoms with Crippen LogP contribution in [-0.4, -0.2) is 7.11 Å². The average Bonchev–Trinajstić information content (AvgIpc) is 2.33. The summed E-state index contributed by atoms with van der Waals surface area (Å²) < 4.78 is 5.53. The van der Waals surface area contributed by atoms with Crippen LogP contribution in [0.5, 0.6) is 5.75 Å². The van der Waals surface area contributed by atoms with E-state index in [9.17, 15) is 0 Å². The topological polar surface area (TPSA) is 35.2 Å². The van der Waals surface area contributed by atoms with Crippen LogP contribution in [0.25, 0.3) is 0 Å². The molecule has 0 saturated heterocycles. The summed E-state index contributed by atoms with van der Waals surface area (Å²) in [6.07, 6.45) is 4.71. The summed E-state index contributed by atoms with van der Waals surface area (Å²) in [5.41, 5.74) is 9.09. The number of ether oxygens (including phenoxy) is 1. The Morgan fingerprint density at radius 2 is 1.83 bits per heavy atom. The molecule has 0 aliphatic heterocycles. The van der Waals surface area contributed by atoms with Crippen LogP contribution >= 0.6 is 0 Å². The van der Waals surface area contributed by atoms with Crippen molar-refractivity contribution in [2.45, 2.75) is 52.0 Å². The molecule has 2 nitrogen and oxygen atoms in total. The summed E-state index contributed by atoms with van der Waals surface area (Å²) >= 11 is 0. The molecule has 0 aromatic heterocycles. The van der Waals surface area contributed by atoms with Gasteiger partial charge in [0.25, 0.3) is 0 Å². The van der Waals surface area contributed by atoms with Crippen LogP contribution in [0.4, 0.5) is 0 Å². The van der Waals surface area contributed by atoms with Crippen molar-refractivity contribution in [3.05, 3.63) is 29.3 Å². The molecular weight excluding hydrogens is 222 g/mol. The van der Waals surface area contributed by atoms with Gasteiger partial charge in [0.15, 0.2) is 0 Å². The molecule has 1 fully saturated rings. The number of methoxy groups -OCH3 is 1. The fraction of sp³-hybridized carbons (Fsp3) is 0.625. The van der Waals surface area contributed by atoms with Crippen molar-refractivity contribution in [1.29, 1.82) is 0 Å². The van der Waals surface area contributed by atoms with Crippen molar-refractivity contribution in [3.8, 4) is 5.75 Å². The Morgan fingerprint density at radius 3 is 2.44 bits per heavy atom. The first kappa shape index (κ1) is 13.4. The lowest BCUT2D eigenvalue weighted by Crippen LogP contribution is -2.52. The summed E-state index contributed by atoms with van der Waals surface area (Å²) in [4.78, 5) is 0. The second-order valence-electron chi connectivity index (χ2n) is 6.27. The molecule has 1 aromatic rings. The smallest absolute Gasteiger partial charge is 0.123 e. The van der Waals surface area contributed by atoms with E-state index in [2.05, 4.69) is 32.9 Å². The van der Waals surface area contributed by atoms with Crippen LogP contribution in [0.2, 0.25) is 0 Å². The number of nitrogens with two attached hydrogens (primary N) is 1. The zero-order valence-corrected chi connectivity index (χ0v) is 12.0. The molecule has 1 atom stereocenters. The molecular formula is C16H25NO. The highest BCUT2D eigenvalue weighted by Crippen LogP contribution is 2.50. The number of hydrogen-bond acceptors (Lipinski definition) is 2. The van der Waals surface area contributed by atoms with Gasteiger partial charge in [-0.3, -0.25) is 0 Å². The molecule has 2 heteroatoms. The Hall–Kier alpha value is -1.02. The molecule has 0 amide bonds. The van der Waals surface area contributed by atoms with Gasteiger partial charge in [0.05, 0.1) is 7.11 Å². The molecule has 2 N–H and O–H groups in total. The molecule has 1 aliphatic rings. The fourth-order valence-corrected chi connectivity index (χ4v) is 3.20. The largest absolute Gasteiger partial charge is 0.496 e. The lowest BCUT2D eigenvalue weighted by atomic mass is 9.60. The Morgan fingerprint density at radius 1 is 1.17 bits per heavy atom. The Balaban J connectivity index is 2.54. The van der Waals surface area contributed by atoms with Gasteiger partial charge in [-0.25, -0.2) is 0 Å². The highest BCUT2D eigenvalue weighted by molar-refractivity contribution is 5.43. The van der Waals surface area contributed by atoms with Crippen molar-refractivity contribution < 1.29 is 4.74 Å². The first-order valence-electron chi connectivity index (χ1n) is 6.85. The zero-order valence-electron chi connectivity index (χ0n) is 12.0. The first-order chi connectivity index (χ1) is 8.40. The SMILES string of the molecule is COc1ccc(C)cc1C1(N)CCCCC1(C)C. The Labute approximate surface area is 111 Å². The van der Waals surface area contributed by atoms with E-state index in [1.54, 1.807) is 7.11 Å². The van der Waals surface area contributed by atoms with Gasteiger partial charge in [-0.2, -0.15) is 0 Å². The third-order valence-corrected chi connectivity index (χ3v) is 4.67. The van der Waals surface area contributed by atoms with Crippen LogP contribution in [-0.2, 0) is 5.54 Å². The van der Waals surface area contributed by atoms with Crippen molar-refractivity contribution in [2.75, 3.05) is 7.11 Å². The van der Waals surface area contributed by atoms with Crippen molar-refractivity contribution >= 4 is 0 Å². The third kappa shape index (κ3) is 2.03. The molecule has 18 heavy (non-hydrogen) atoms. The molecule has 0 heterocycles. The van der Waals surface area contributed by atoms with Crippen molar-refractivity contribution in [1.82, 2.24) is 0 Å². The van der Waals surface area contributed by atoms with Crippen molar-refractivity contribution in [3.63, 3.8) is 0 Å². The minimum Gasteiger partial charge on any atom is -0.496 e. The predicted molar refractivity (Wildman–Crippen MR) is 75.8 cm³/mol. The van der Waals surface area contributed by atoms with Gasteiger partial charge in [0.1, 0.15) is 5.75 Å². The maximum absolute atomic E-state index is 6.82.